The molecule has 136 valence electrons. The summed E-state index contributed by atoms with van der Waals surface area (Å²) in [5, 5.41) is 0. The summed E-state index contributed by atoms with van der Waals surface area (Å²) >= 11 is 0. The summed E-state index contributed by atoms with van der Waals surface area (Å²) in [5.41, 5.74) is 1.00. The molecule has 0 amide bonds. The van der Waals surface area contributed by atoms with Gasteiger partial charge in [0, 0.05) is 7.11 Å². The number of ether oxygens (including phenoxy) is 3. The van der Waals surface area contributed by atoms with Crippen molar-refractivity contribution in [3.63, 3.8) is 0 Å². The van der Waals surface area contributed by atoms with Gasteiger partial charge in [0.15, 0.2) is 0 Å². The Balaban J connectivity index is 2.16. The molecule has 0 aliphatic rings. The Hall–Kier alpha value is -2.42. The highest BCUT2D eigenvalue weighted by Crippen LogP contribution is 2.31. The minimum Gasteiger partial charge on any atom is -0.406 e. The van der Waals surface area contributed by atoms with Crippen LogP contribution >= 0.6 is 0 Å². The smallest absolute Gasteiger partial charge is 0.406 e. The summed E-state index contributed by atoms with van der Waals surface area (Å²) in [4.78, 5) is 0. The van der Waals surface area contributed by atoms with Crippen LogP contribution in [-0.4, -0.2) is 19.8 Å². The molecule has 2 aromatic rings. The van der Waals surface area contributed by atoms with Crippen LogP contribution in [0.25, 0.3) is 0 Å². The van der Waals surface area contributed by atoms with E-state index in [2.05, 4.69) is 9.47 Å². The summed E-state index contributed by atoms with van der Waals surface area (Å²) < 4.78 is 85.7. The highest BCUT2D eigenvalue weighted by molar-refractivity contribution is 5.36. The van der Waals surface area contributed by atoms with Gasteiger partial charge in [0.2, 0.25) is 0 Å². The molecule has 0 heterocycles. The molecule has 0 N–H and O–H groups in total. The standard InChI is InChI=1S/C16H12F6O3/c1-23-14(10-2-6-12(7-3-10)24-15(17,18)19)11-4-8-13(9-5-11)25-16(20,21)22/h2-9,14H,1H3. The minimum atomic E-state index is -4.80. The average Bonchev–Trinajstić information content (AvgIpc) is 2.48. The zero-order valence-electron chi connectivity index (χ0n) is 12.7. The lowest BCUT2D eigenvalue weighted by Gasteiger charge is -2.18. The van der Waals surface area contributed by atoms with Crippen LogP contribution in [0.3, 0.4) is 0 Å². The highest BCUT2D eigenvalue weighted by Gasteiger charge is 2.32. The average molecular weight is 366 g/mol. The van der Waals surface area contributed by atoms with Crippen LogP contribution in [0.5, 0.6) is 11.5 Å². The van der Waals surface area contributed by atoms with E-state index >= 15 is 0 Å². The van der Waals surface area contributed by atoms with E-state index in [1.54, 1.807) is 0 Å². The molecule has 9 heteroatoms. The molecule has 0 saturated carbocycles. The normalized spacial score (nSPS) is 12.3. The van der Waals surface area contributed by atoms with Crippen molar-refractivity contribution in [3.8, 4) is 11.5 Å². The number of hydrogen-bond donors (Lipinski definition) is 0. The van der Waals surface area contributed by atoms with E-state index in [9.17, 15) is 26.3 Å². The van der Waals surface area contributed by atoms with E-state index in [-0.39, 0.29) is 11.5 Å². The molecule has 0 radical (unpaired) electrons. The molecule has 3 nitrogen and oxygen atoms in total. The van der Waals surface area contributed by atoms with Gasteiger partial charge in [-0.15, -0.1) is 26.3 Å². The molecule has 0 saturated heterocycles. The summed E-state index contributed by atoms with van der Waals surface area (Å²) in [6, 6.07) is 9.97. The summed E-state index contributed by atoms with van der Waals surface area (Å²) in [5.74, 6) is -0.778. The quantitative estimate of drug-likeness (QED) is 0.679. The summed E-state index contributed by atoms with van der Waals surface area (Å²) in [6.45, 7) is 0. The predicted molar refractivity (Wildman–Crippen MR) is 75.1 cm³/mol. The van der Waals surface area contributed by atoms with Crippen LogP contribution in [0.2, 0.25) is 0 Å². The topological polar surface area (TPSA) is 27.7 Å². The molecule has 0 aliphatic carbocycles. The van der Waals surface area contributed by atoms with Crippen molar-refractivity contribution in [2.45, 2.75) is 18.8 Å². The lowest BCUT2D eigenvalue weighted by atomic mass is 10.0. The lowest BCUT2D eigenvalue weighted by molar-refractivity contribution is -0.275. The molecule has 0 aliphatic heterocycles. The molecular weight excluding hydrogens is 354 g/mol. The molecule has 2 aromatic carbocycles. The Morgan fingerprint density at radius 2 is 0.960 bits per heavy atom. The first-order valence-electron chi connectivity index (χ1n) is 6.81. The molecule has 0 aromatic heterocycles. The third kappa shape index (κ3) is 5.86. The van der Waals surface area contributed by atoms with Crippen molar-refractivity contribution in [2.75, 3.05) is 7.11 Å². The van der Waals surface area contributed by atoms with Gasteiger partial charge in [0.25, 0.3) is 0 Å². The molecule has 0 unspecified atom stereocenters. The largest absolute Gasteiger partial charge is 0.573 e. The molecule has 25 heavy (non-hydrogen) atoms. The first kappa shape index (κ1) is 18.9. The van der Waals surface area contributed by atoms with E-state index in [0.717, 1.165) is 24.3 Å². The first-order chi connectivity index (χ1) is 11.6. The fourth-order valence-corrected chi connectivity index (χ4v) is 2.15. The maximum absolute atomic E-state index is 12.1. The predicted octanol–water partition coefficient (Wildman–Crippen LogP) is 5.22. The second-order valence-electron chi connectivity index (χ2n) is 4.85. The monoisotopic (exact) mass is 366 g/mol. The van der Waals surface area contributed by atoms with Gasteiger partial charge >= 0.3 is 12.7 Å². The van der Waals surface area contributed by atoms with Gasteiger partial charge < -0.3 is 14.2 Å². The Morgan fingerprint density at radius 3 is 1.20 bits per heavy atom. The van der Waals surface area contributed by atoms with Crippen molar-refractivity contribution >= 4 is 0 Å². The number of hydrogen-bond acceptors (Lipinski definition) is 3. The molecular formula is C16H12F6O3. The van der Waals surface area contributed by atoms with Crippen molar-refractivity contribution in [2.24, 2.45) is 0 Å². The molecule has 0 atom stereocenters. The SMILES string of the molecule is COC(c1ccc(OC(F)(F)F)cc1)c1ccc(OC(F)(F)F)cc1. The zero-order valence-corrected chi connectivity index (χ0v) is 12.7. The molecule has 2 rings (SSSR count). The van der Waals surface area contributed by atoms with Gasteiger partial charge in [-0.2, -0.15) is 0 Å². The maximum atomic E-state index is 12.1. The lowest BCUT2D eigenvalue weighted by Crippen LogP contribution is -2.17. The van der Waals surface area contributed by atoms with E-state index in [0.29, 0.717) is 11.1 Å². The Morgan fingerprint density at radius 1 is 0.640 bits per heavy atom. The van der Waals surface area contributed by atoms with Crippen molar-refractivity contribution < 1.29 is 40.6 Å². The van der Waals surface area contributed by atoms with Crippen LogP contribution in [0.15, 0.2) is 48.5 Å². The fraction of sp³-hybridized carbons (Fsp3) is 0.250. The van der Waals surface area contributed by atoms with E-state index in [1.165, 1.54) is 31.4 Å². The van der Waals surface area contributed by atoms with E-state index < -0.39 is 18.8 Å². The maximum Gasteiger partial charge on any atom is 0.573 e. The highest BCUT2D eigenvalue weighted by atomic mass is 19.4. The van der Waals surface area contributed by atoms with Crippen LogP contribution in [-0.2, 0) is 4.74 Å². The molecule has 0 bridgehead atoms. The summed E-state index contributed by atoms with van der Waals surface area (Å²) in [6.07, 6.45) is -10.3. The van der Waals surface area contributed by atoms with Crippen LogP contribution in [0, 0.1) is 0 Å². The number of alkyl halides is 6. The van der Waals surface area contributed by atoms with E-state index in [1.807, 2.05) is 0 Å². The minimum absolute atomic E-state index is 0.389. The van der Waals surface area contributed by atoms with Gasteiger partial charge in [-0.05, 0) is 35.4 Å². The number of benzene rings is 2. The number of methoxy groups -OCH3 is 1. The molecule has 0 fully saturated rings. The number of halogens is 6. The van der Waals surface area contributed by atoms with Crippen LogP contribution in [0.1, 0.15) is 17.2 Å². The van der Waals surface area contributed by atoms with Gasteiger partial charge in [0.1, 0.15) is 17.6 Å². The first-order valence-corrected chi connectivity index (χ1v) is 6.81. The fourth-order valence-electron chi connectivity index (χ4n) is 2.15. The van der Waals surface area contributed by atoms with Gasteiger partial charge in [-0.25, -0.2) is 0 Å². The van der Waals surface area contributed by atoms with Crippen molar-refractivity contribution in [1.29, 1.82) is 0 Å². The van der Waals surface area contributed by atoms with Gasteiger partial charge in [-0.3, -0.25) is 0 Å². The Kier molecular flexibility index (Phi) is 5.46. The van der Waals surface area contributed by atoms with Crippen molar-refractivity contribution in [1.82, 2.24) is 0 Å². The second kappa shape index (κ2) is 7.22. The van der Waals surface area contributed by atoms with Crippen LogP contribution in [0.4, 0.5) is 26.3 Å². The zero-order chi connectivity index (χ0) is 18.7. The molecule has 0 spiro atoms. The van der Waals surface area contributed by atoms with Gasteiger partial charge in [-0.1, -0.05) is 24.3 Å². The van der Waals surface area contributed by atoms with Gasteiger partial charge in [0.05, 0.1) is 0 Å². The third-order valence-electron chi connectivity index (χ3n) is 3.07. The van der Waals surface area contributed by atoms with Crippen LogP contribution < -0.4 is 9.47 Å². The van der Waals surface area contributed by atoms with Crippen molar-refractivity contribution in [3.05, 3.63) is 59.7 Å². The Labute approximate surface area is 138 Å². The summed E-state index contributed by atoms with van der Waals surface area (Å²) in [7, 11) is 1.37. The number of rotatable bonds is 5. The Bertz CT molecular complexity index is 618. The second-order valence-corrected chi connectivity index (χ2v) is 4.85. The third-order valence-corrected chi connectivity index (χ3v) is 3.07. The van der Waals surface area contributed by atoms with E-state index in [4.69, 9.17) is 4.74 Å².